The second-order valence-corrected chi connectivity index (χ2v) is 7.80. The minimum Gasteiger partial charge on any atom is -0.391 e. The fourth-order valence-corrected chi connectivity index (χ4v) is 3.64. The number of aromatic nitrogens is 5. The van der Waals surface area contributed by atoms with Gasteiger partial charge in [0.15, 0.2) is 0 Å². The highest BCUT2D eigenvalue weighted by atomic mass is 16.6. The monoisotopic (exact) mass is 428 g/mol. The van der Waals surface area contributed by atoms with Crippen LogP contribution < -0.4 is 16.1 Å². The van der Waals surface area contributed by atoms with Crippen LogP contribution in [0.2, 0.25) is 0 Å². The molecule has 3 heterocycles. The third-order valence-electron chi connectivity index (χ3n) is 5.53. The van der Waals surface area contributed by atoms with Crippen molar-refractivity contribution >= 4 is 5.69 Å². The van der Waals surface area contributed by atoms with Crippen LogP contribution in [0.1, 0.15) is 18.2 Å². The lowest BCUT2D eigenvalue weighted by molar-refractivity contribution is -0.187. The molecule has 1 aliphatic rings. The van der Waals surface area contributed by atoms with Crippen LogP contribution in [0.5, 0.6) is 0 Å². The number of hydrogen-bond acceptors (Lipinski definition) is 8. The Hall–Kier alpha value is -3.28. The third-order valence-corrected chi connectivity index (χ3v) is 5.53. The number of ether oxygens (including phenoxy) is 1. The first kappa shape index (κ1) is 21.0. The van der Waals surface area contributed by atoms with Crippen molar-refractivity contribution in [2.75, 3.05) is 25.6 Å². The molecule has 0 spiro atoms. The molecule has 3 atom stereocenters. The molecule has 0 radical (unpaired) electrons. The molecule has 0 saturated carbocycles. The summed E-state index contributed by atoms with van der Waals surface area (Å²) in [7, 11) is 3.89. The number of hydrogen-bond donors (Lipinski definition) is 3. The van der Waals surface area contributed by atoms with E-state index in [0.717, 1.165) is 11.3 Å². The Labute approximate surface area is 177 Å². The second-order valence-electron chi connectivity index (χ2n) is 7.80. The van der Waals surface area contributed by atoms with Crippen molar-refractivity contribution in [1.29, 1.82) is 0 Å². The first-order chi connectivity index (χ1) is 14.7. The average molecular weight is 428 g/mol. The molecule has 0 aliphatic carbocycles. The van der Waals surface area contributed by atoms with Gasteiger partial charge in [0, 0.05) is 43.5 Å². The number of H-pyrrole nitrogens is 1. The summed E-state index contributed by atoms with van der Waals surface area (Å²) in [5.41, 5.74) is -0.0827. The van der Waals surface area contributed by atoms with Gasteiger partial charge in [-0.25, -0.2) is 9.48 Å². The van der Waals surface area contributed by atoms with Gasteiger partial charge in [0.05, 0.1) is 12.8 Å². The molecular formula is C20H24N6O5. The number of rotatable bonds is 5. The quantitative estimate of drug-likeness (QED) is 0.508. The van der Waals surface area contributed by atoms with E-state index >= 15 is 0 Å². The maximum absolute atomic E-state index is 12.2. The molecule has 1 aliphatic heterocycles. The summed E-state index contributed by atoms with van der Waals surface area (Å²) in [5.74, 6) is 0. The van der Waals surface area contributed by atoms with Crippen LogP contribution in [0.25, 0.3) is 11.3 Å². The Kier molecular flexibility index (Phi) is 5.25. The molecule has 1 saturated heterocycles. The van der Waals surface area contributed by atoms with Crippen molar-refractivity contribution in [2.45, 2.75) is 31.4 Å². The lowest BCUT2D eigenvalue weighted by atomic mass is 10.1. The Morgan fingerprint density at radius 1 is 1.26 bits per heavy atom. The predicted molar refractivity (Wildman–Crippen MR) is 112 cm³/mol. The zero-order valence-corrected chi connectivity index (χ0v) is 17.4. The molecular weight excluding hydrogens is 404 g/mol. The van der Waals surface area contributed by atoms with Crippen molar-refractivity contribution in [1.82, 2.24) is 24.5 Å². The van der Waals surface area contributed by atoms with Gasteiger partial charge in [-0.05, 0) is 19.1 Å². The molecule has 3 N–H and O–H groups in total. The van der Waals surface area contributed by atoms with Crippen molar-refractivity contribution in [3.8, 4) is 11.3 Å². The van der Waals surface area contributed by atoms with Gasteiger partial charge in [-0.2, -0.15) is 0 Å². The average Bonchev–Trinajstić information content (AvgIpc) is 3.36. The molecule has 0 unspecified atom stereocenters. The van der Waals surface area contributed by atoms with Crippen molar-refractivity contribution < 1.29 is 14.9 Å². The minimum atomic E-state index is -1.62. The first-order valence-electron chi connectivity index (χ1n) is 9.74. The summed E-state index contributed by atoms with van der Waals surface area (Å²) in [6, 6.07) is 7.68. The van der Waals surface area contributed by atoms with E-state index in [4.69, 9.17) is 4.74 Å². The summed E-state index contributed by atoms with van der Waals surface area (Å²) < 4.78 is 8.42. The lowest BCUT2D eigenvalue weighted by Crippen LogP contribution is -2.46. The van der Waals surface area contributed by atoms with Crippen LogP contribution in [-0.2, 0) is 10.5 Å². The summed E-state index contributed by atoms with van der Waals surface area (Å²) in [4.78, 5) is 28.1. The molecule has 4 rings (SSSR count). The highest BCUT2D eigenvalue weighted by Crippen LogP contribution is 2.39. The topological polar surface area (TPSA) is 138 Å². The van der Waals surface area contributed by atoms with Crippen LogP contribution in [0.3, 0.4) is 0 Å². The smallest absolute Gasteiger partial charge is 0.330 e. The predicted octanol–water partition coefficient (Wildman–Crippen LogP) is -0.205. The van der Waals surface area contributed by atoms with E-state index in [1.807, 2.05) is 43.3 Å². The number of benzene rings is 1. The van der Waals surface area contributed by atoms with Crippen LogP contribution in [0, 0.1) is 6.92 Å². The zero-order valence-electron chi connectivity index (χ0n) is 17.4. The number of nitrogens with zero attached hydrogens (tertiary/aromatic N) is 5. The normalized spacial score (nSPS) is 23.3. The van der Waals surface area contributed by atoms with E-state index < -0.39 is 35.9 Å². The molecule has 1 fully saturated rings. The van der Waals surface area contributed by atoms with Gasteiger partial charge in [0.25, 0.3) is 5.56 Å². The SMILES string of the molecule is Cc1cn([C@H]2C[C@H](O)[C@](CO)(n3cc(-c4ccc(N(C)C)cc4)nn3)O2)c(=O)[nH]c1=O. The summed E-state index contributed by atoms with van der Waals surface area (Å²) >= 11 is 0. The van der Waals surface area contributed by atoms with E-state index in [1.54, 1.807) is 13.1 Å². The Morgan fingerprint density at radius 3 is 2.61 bits per heavy atom. The molecule has 164 valence electrons. The van der Waals surface area contributed by atoms with Gasteiger partial charge < -0.3 is 19.8 Å². The van der Waals surface area contributed by atoms with Crippen LogP contribution in [0.15, 0.2) is 46.2 Å². The van der Waals surface area contributed by atoms with Crippen LogP contribution in [0.4, 0.5) is 5.69 Å². The van der Waals surface area contributed by atoms with E-state index in [-0.39, 0.29) is 6.42 Å². The van der Waals surface area contributed by atoms with E-state index in [9.17, 15) is 19.8 Å². The van der Waals surface area contributed by atoms with Gasteiger partial charge in [0.1, 0.15) is 18.0 Å². The highest BCUT2D eigenvalue weighted by Gasteiger charge is 2.51. The van der Waals surface area contributed by atoms with E-state index in [2.05, 4.69) is 15.3 Å². The number of aromatic amines is 1. The van der Waals surface area contributed by atoms with Crippen molar-refractivity contribution in [2.24, 2.45) is 0 Å². The first-order valence-corrected chi connectivity index (χ1v) is 9.74. The Bertz CT molecular complexity index is 1200. The molecule has 3 aromatic rings. The number of aliphatic hydroxyl groups is 2. The Morgan fingerprint density at radius 2 is 1.97 bits per heavy atom. The summed E-state index contributed by atoms with van der Waals surface area (Å²) in [6.07, 6.45) is 0.876. The third kappa shape index (κ3) is 3.56. The molecule has 0 amide bonds. The molecule has 0 bridgehead atoms. The molecule has 11 heteroatoms. The van der Waals surface area contributed by atoms with Gasteiger partial charge in [-0.3, -0.25) is 14.3 Å². The second kappa shape index (κ2) is 7.76. The van der Waals surface area contributed by atoms with E-state index in [1.165, 1.54) is 15.4 Å². The van der Waals surface area contributed by atoms with Crippen LogP contribution in [-0.4, -0.2) is 61.6 Å². The van der Waals surface area contributed by atoms with Gasteiger partial charge in [0.2, 0.25) is 5.72 Å². The van der Waals surface area contributed by atoms with E-state index in [0.29, 0.717) is 11.3 Å². The summed E-state index contributed by atoms with van der Waals surface area (Å²) in [6.45, 7) is 0.967. The zero-order chi connectivity index (χ0) is 22.3. The largest absolute Gasteiger partial charge is 0.391 e. The minimum absolute atomic E-state index is 0.0126. The molecule has 2 aromatic heterocycles. The van der Waals surface area contributed by atoms with Gasteiger partial charge in [-0.15, -0.1) is 5.10 Å². The lowest BCUT2D eigenvalue weighted by Gasteiger charge is -2.29. The standard InChI is InChI=1S/C20H24N6O5/c1-12-9-25(19(30)21-18(12)29)17-8-16(28)20(11-27,31-17)26-10-15(22-23-26)13-4-6-14(7-5-13)24(2)3/h4-7,9-10,16-17,27-28H,8,11H2,1-3H3,(H,21,29,30)/t16-,17+,20+/m0/s1. The number of aryl methyl sites for hydroxylation is 1. The maximum atomic E-state index is 12.2. The number of aliphatic hydroxyl groups excluding tert-OH is 2. The van der Waals surface area contributed by atoms with Gasteiger partial charge in [-0.1, -0.05) is 17.3 Å². The Balaban J connectivity index is 1.66. The molecule has 11 nitrogen and oxygen atoms in total. The molecule has 1 aromatic carbocycles. The highest BCUT2D eigenvalue weighted by molar-refractivity contribution is 5.62. The van der Waals surface area contributed by atoms with Crippen molar-refractivity contribution in [3.63, 3.8) is 0 Å². The van der Waals surface area contributed by atoms with Crippen LogP contribution >= 0.6 is 0 Å². The summed E-state index contributed by atoms with van der Waals surface area (Å²) in [5, 5.41) is 29.1. The van der Waals surface area contributed by atoms with Crippen molar-refractivity contribution in [3.05, 3.63) is 63.1 Å². The fourth-order valence-electron chi connectivity index (χ4n) is 3.64. The van der Waals surface area contributed by atoms with Gasteiger partial charge >= 0.3 is 5.69 Å². The molecule has 31 heavy (non-hydrogen) atoms. The maximum Gasteiger partial charge on any atom is 0.330 e. The number of anilines is 1. The fraction of sp³-hybridized carbons (Fsp3) is 0.400. The number of nitrogens with one attached hydrogen (secondary N) is 1.